The number of halogens is 2. The fourth-order valence-corrected chi connectivity index (χ4v) is 3.76. The number of nitrogens with zero attached hydrogens (tertiary/aromatic N) is 1. The fourth-order valence-electron chi connectivity index (χ4n) is 2.88. The van der Waals surface area contributed by atoms with Gasteiger partial charge in [0.25, 0.3) is 0 Å². The van der Waals surface area contributed by atoms with Crippen molar-refractivity contribution in [3.8, 4) is 5.75 Å². The van der Waals surface area contributed by atoms with Gasteiger partial charge in [-0.05, 0) is 62.2 Å². The molecule has 2 aromatic carbocycles. The highest BCUT2D eigenvalue weighted by molar-refractivity contribution is 7.92. The minimum atomic E-state index is -3.32. The van der Waals surface area contributed by atoms with Crippen molar-refractivity contribution < 1.29 is 18.3 Å². The van der Waals surface area contributed by atoms with Gasteiger partial charge >= 0.3 is 0 Å². The summed E-state index contributed by atoms with van der Waals surface area (Å²) in [6.07, 6.45) is 1.21. The highest BCUT2D eigenvalue weighted by Gasteiger charge is 2.16. The molecule has 9 heteroatoms. The number of benzene rings is 2. The minimum absolute atomic E-state index is 0.134. The summed E-state index contributed by atoms with van der Waals surface area (Å²) < 4.78 is 30.5. The van der Waals surface area contributed by atoms with Crippen LogP contribution in [0.4, 0.5) is 5.69 Å². The Kier molecular flexibility index (Phi) is 9.25. The molecule has 0 saturated carbocycles. The summed E-state index contributed by atoms with van der Waals surface area (Å²) in [5, 5.41) is 11.5. The van der Waals surface area contributed by atoms with E-state index in [0.29, 0.717) is 28.0 Å². The molecule has 6 nitrogen and oxygen atoms in total. The molecule has 0 radical (unpaired) electrons. The van der Waals surface area contributed by atoms with Crippen LogP contribution in [-0.2, 0) is 16.4 Å². The van der Waals surface area contributed by atoms with E-state index in [1.165, 1.54) is 0 Å². The van der Waals surface area contributed by atoms with Crippen molar-refractivity contribution >= 4 is 38.9 Å². The molecule has 0 aliphatic heterocycles. The van der Waals surface area contributed by atoms with Crippen molar-refractivity contribution in [2.24, 2.45) is 0 Å². The van der Waals surface area contributed by atoms with Gasteiger partial charge in [-0.3, -0.25) is 9.62 Å². The summed E-state index contributed by atoms with van der Waals surface area (Å²) in [5.41, 5.74) is 1.54. The molecule has 166 valence electrons. The van der Waals surface area contributed by atoms with E-state index < -0.39 is 16.1 Å². The summed E-state index contributed by atoms with van der Waals surface area (Å²) >= 11 is 12.0. The predicted molar refractivity (Wildman–Crippen MR) is 123 cm³/mol. The van der Waals surface area contributed by atoms with Crippen LogP contribution in [0.15, 0.2) is 42.5 Å². The van der Waals surface area contributed by atoms with Gasteiger partial charge in [0.1, 0.15) is 18.5 Å². The Balaban J connectivity index is 1.84. The average molecular weight is 475 g/mol. The van der Waals surface area contributed by atoms with E-state index in [4.69, 9.17) is 27.9 Å². The van der Waals surface area contributed by atoms with Crippen LogP contribution in [0.5, 0.6) is 5.75 Å². The van der Waals surface area contributed by atoms with Gasteiger partial charge in [-0.2, -0.15) is 0 Å². The zero-order valence-electron chi connectivity index (χ0n) is 17.3. The predicted octanol–water partition coefficient (Wildman–Crippen LogP) is 4.06. The van der Waals surface area contributed by atoms with Gasteiger partial charge in [0.05, 0.1) is 16.3 Å². The third-order valence-corrected chi connectivity index (χ3v) is 5.79. The van der Waals surface area contributed by atoms with Gasteiger partial charge in [-0.15, -0.1) is 0 Å². The first-order valence-electron chi connectivity index (χ1n) is 9.60. The molecule has 2 aromatic rings. The van der Waals surface area contributed by atoms with Gasteiger partial charge in [0.2, 0.25) is 10.0 Å². The second kappa shape index (κ2) is 11.2. The normalized spacial score (nSPS) is 12.9. The first-order chi connectivity index (χ1) is 14.0. The standard InChI is InChI=1S/C21H28Cl2N2O4S/c1-15(2)25(11-10-16-4-9-20(22)21(23)12-16)13-18(26)14-29-19-7-5-17(6-8-19)24-30(3,27)28/h4-9,12,15,18,24,26H,10-11,13-14H2,1-3H3/t18-/m0/s1. The molecule has 0 unspecified atom stereocenters. The Morgan fingerprint density at radius 2 is 1.77 bits per heavy atom. The third kappa shape index (κ3) is 8.70. The van der Waals surface area contributed by atoms with Crippen LogP contribution in [0.2, 0.25) is 10.0 Å². The third-order valence-electron chi connectivity index (χ3n) is 4.45. The molecule has 0 saturated heterocycles. The van der Waals surface area contributed by atoms with E-state index in [9.17, 15) is 13.5 Å². The topological polar surface area (TPSA) is 78.9 Å². The highest BCUT2D eigenvalue weighted by Crippen LogP contribution is 2.23. The summed E-state index contributed by atoms with van der Waals surface area (Å²) in [6, 6.07) is 12.4. The zero-order chi connectivity index (χ0) is 22.3. The van der Waals surface area contributed by atoms with Crippen LogP contribution in [0.25, 0.3) is 0 Å². The molecule has 2 N–H and O–H groups in total. The Bertz CT molecular complexity index is 921. The molecule has 2 rings (SSSR count). The maximum Gasteiger partial charge on any atom is 0.229 e. The molecule has 30 heavy (non-hydrogen) atoms. The van der Waals surface area contributed by atoms with Crippen molar-refractivity contribution in [3.05, 3.63) is 58.1 Å². The summed E-state index contributed by atoms with van der Waals surface area (Å²) in [4.78, 5) is 2.18. The Hall–Kier alpha value is -1.51. The quantitative estimate of drug-likeness (QED) is 0.513. The Labute approximate surface area is 188 Å². The van der Waals surface area contributed by atoms with Gasteiger partial charge in [0.15, 0.2) is 0 Å². The molecule has 0 spiro atoms. The van der Waals surface area contributed by atoms with Gasteiger partial charge in [-0.25, -0.2) is 8.42 Å². The number of rotatable bonds is 11. The van der Waals surface area contributed by atoms with Crippen molar-refractivity contribution in [1.82, 2.24) is 4.90 Å². The minimum Gasteiger partial charge on any atom is -0.491 e. The molecule has 0 aromatic heterocycles. The lowest BCUT2D eigenvalue weighted by molar-refractivity contribution is 0.0579. The van der Waals surface area contributed by atoms with Crippen molar-refractivity contribution in [1.29, 1.82) is 0 Å². The molecule has 1 atom stereocenters. The second-order valence-electron chi connectivity index (χ2n) is 7.45. The Morgan fingerprint density at radius 3 is 2.33 bits per heavy atom. The van der Waals surface area contributed by atoms with Crippen molar-refractivity contribution in [2.75, 3.05) is 30.7 Å². The van der Waals surface area contributed by atoms with Crippen molar-refractivity contribution in [3.63, 3.8) is 0 Å². The van der Waals surface area contributed by atoms with Gasteiger partial charge in [0, 0.05) is 24.8 Å². The van der Waals surface area contributed by atoms with Crippen LogP contribution >= 0.6 is 23.2 Å². The average Bonchev–Trinajstić information content (AvgIpc) is 2.65. The first kappa shape index (κ1) is 24.8. The number of hydrogen-bond acceptors (Lipinski definition) is 5. The van der Waals surface area contributed by atoms with E-state index in [0.717, 1.165) is 24.8 Å². The Morgan fingerprint density at radius 1 is 1.10 bits per heavy atom. The molecular formula is C21H28Cl2N2O4S. The van der Waals surface area contributed by atoms with E-state index in [1.807, 2.05) is 12.1 Å². The smallest absolute Gasteiger partial charge is 0.229 e. The lowest BCUT2D eigenvalue weighted by atomic mass is 10.1. The molecule has 0 aliphatic rings. The van der Waals surface area contributed by atoms with Gasteiger partial charge in [-0.1, -0.05) is 29.3 Å². The number of anilines is 1. The van der Waals surface area contributed by atoms with Crippen LogP contribution in [0.3, 0.4) is 0 Å². The lowest BCUT2D eigenvalue weighted by Crippen LogP contribution is -2.40. The number of nitrogens with one attached hydrogen (secondary N) is 1. The number of sulfonamides is 1. The molecule has 0 aliphatic carbocycles. The van der Waals surface area contributed by atoms with Crippen LogP contribution in [-0.4, -0.2) is 56.5 Å². The van der Waals surface area contributed by atoms with Crippen molar-refractivity contribution in [2.45, 2.75) is 32.4 Å². The van der Waals surface area contributed by atoms with Gasteiger partial charge < -0.3 is 9.84 Å². The maximum absolute atomic E-state index is 11.2. The monoisotopic (exact) mass is 474 g/mol. The van der Waals surface area contributed by atoms with E-state index in [2.05, 4.69) is 23.5 Å². The van der Waals surface area contributed by atoms with Crippen LogP contribution in [0.1, 0.15) is 19.4 Å². The number of ether oxygens (including phenoxy) is 1. The van der Waals surface area contributed by atoms with Crippen LogP contribution < -0.4 is 9.46 Å². The molecule has 0 bridgehead atoms. The first-order valence-corrected chi connectivity index (χ1v) is 12.2. The SMILES string of the molecule is CC(C)N(CCc1ccc(Cl)c(Cl)c1)C[C@H](O)COc1ccc(NS(C)(=O)=O)cc1. The zero-order valence-corrected chi connectivity index (χ0v) is 19.6. The molecular weight excluding hydrogens is 447 g/mol. The van der Waals surface area contributed by atoms with Crippen LogP contribution in [0, 0.1) is 0 Å². The molecule has 0 amide bonds. The number of aliphatic hydroxyl groups is 1. The molecule has 0 heterocycles. The van der Waals surface area contributed by atoms with E-state index in [1.54, 1.807) is 30.3 Å². The largest absolute Gasteiger partial charge is 0.491 e. The number of hydrogen-bond donors (Lipinski definition) is 2. The summed E-state index contributed by atoms with van der Waals surface area (Å²) in [7, 11) is -3.32. The summed E-state index contributed by atoms with van der Waals surface area (Å²) in [6.45, 7) is 5.52. The molecule has 0 fully saturated rings. The maximum atomic E-state index is 11.2. The van der Waals surface area contributed by atoms with E-state index in [-0.39, 0.29) is 12.6 Å². The fraction of sp³-hybridized carbons (Fsp3) is 0.429. The lowest BCUT2D eigenvalue weighted by Gasteiger charge is -2.28. The summed E-state index contributed by atoms with van der Waals surface area (Å²) in [5.74, 6) is 0.556. The number of aliphatic hydroxyl groups excluding tert-OH is 1. The van der Waals surface area contributed by atoms with E-state index >= 15 is 0 Å². The highest BCUT2D eigenvalue weighted by atomic mass is 35.5. The second-order valence-corrected chi connectivity index (χ2v) is 10.0.